The SMILES string of the molecule is CCCC(C)C1(C(C)CCC)O[C@@H](C[C@H](CCOc2ccccc2)C(C)C)[C@H](CC2CCCCC2)N1C(=O)O. The van der Waals surface area contributed by atoms with Crippen molar-refractivity contribution in [1.82, 2.24) is 4.90 Å². The fourth-order valence-electron chi connectivity index (χ4n) is 7.66. The lowest BCUT2D eigenvalue weighted by Gasteiger charge is -2.46. The van der Waals surface area contributed by atoms with Gasteiger partial charge in [0.2, 0.25) is 0 Å². The van der Waals surface area contributed by atoms with E-state index < -0.39 is 11.8 Å². The fraction of sp³-hybridized carbons (Fsp3) is 0.794. The molecule has 0 radical (unpaired) electrons. The molecular weight excluding hydrogens is 486 g/mol. The van der Waals surface area contributed by atoms with E-state index in [1.165, 1.54) is 32.1 Å². The van der Waals surface area contributed by atoms with Gasteiger partial charge in [-0.05, 0) is 62.0 Å². The van der Waals surface area contributed by atoms with E-state index in [4.69, 9.17) is 9.47 Å². The zero-order valence-electron chi connectivity index (χ0n) is 25.7. The first-order chi connectivity index (χ1) is 18.7. The lowest BCUT2D eigenvalue weighted by molar-refractivity contribution is -0.170. The minimum atomic E-state index is -0.794. The van der Waals surface area contributed by atoms with Crippen molar-refractivity contribution >= 4 is 6.09 Å². The van der Waals surface area contributed by atoms with Crippen LogP contribution in [0.4, 0.5) is 4.79 Å². The molecule has 2 fully saturated rings. The number of ether oxygens (including phenoxy) is 2. The zero-order valence-corrected chi connectivity index (χ0v) is 25.7. The van der Waals surface area contributed by atoms with Crippen molar-refractivity contribution in [2.75, 3.05) is 6.61 Å². The van der Waals surface area contributed by atoms with Gasteiger partial charge in [0, 0.05) is 11.8 Å². The van der Waals surface area contributed by atoms with E-state index in [1.807, 2.05) is 35.2 Å². The molecule has 1 saturated carbocycles. The number of amides is 1. The molecule has 5 heteroatoms. The van der Waals surface area contributed by atoms with Crippen molar-refractivity contribution in [2.24, 2.45) is 29.6 Å². The molecule has 0 bridgehead atoms. The maximum absolute atomic E-state index is 13.2. The van der Waals surface area contributed by atoms with Crippen molar-refractivity contribution in [3.8, 4) is 5.75 Å². The molecule has 0 aromatic heterocycles. The summed E-state index contributed by atoms with van der Waals surface area (Å²) in [4.78, 5) is 15.1. The molecule has 5 nitrogen and oxygen atoms in total. The predicted octanol–water partition coefficient (Wildman–Crippen LogP) is 9.40. The molecule has 2 aliphatic rings. The Labute approximate surface area is 239 Å². The van der Waals surface area contributed by atoms with E-state index in [0.717, 1.165) is 50.7 Å². The summed E-state index contributed by atoms with van der Waals surface area (Å²) in [6.07, 6.45) is 12.2. The topological polar surface area (TPSA) is 59.0 Å². The molecule has 0 spiro atoms. The quantitative estimate of drug-likeness (QED) is 0.239. The van der Waals surface area contributed by atoms with Crippen LogP contribution in [0.2, 0.25) is 0 Å². The van der Waals surface area contributed by atoms with Crippen molar-refractivity contribution in [1.29, 1.82) is 0 Å². The molecule has 1 amide bonds. The average Bonchev–Trinajstić information content (AvgIpc) is 3.24. The standard InChI is InChI=1S/C34H57NO4/c1-7-15-26(5)34(27(6)16-8-2)35(33(36)37)31(23-28-17-11-9-12-18-28)32(39-34)24-29(25(3)4)21-22-38-30-19-13-10-14-20-30/h10,13-14,19-20,25-29,31-32H,7-9,11-12,15-18,21-24H2,1-6H3,(H,36,37)/t26?,27?,29-,31-,32-,34?/m0/s1. The highest BCUT2D eigenvalue weighted by molar-refractivity contribution is 5.67. The number of nitrogens with zero attached hydrogens (tertiary/aromatic N) is 1. The van der Waals surface area contributed by atoms with E-state index in [0.29, 0.717) is 24.4 Å². The number of benzene rings is 1. The van der Waals surface area contributed by atoms with E-state index in [1.54, 1.807) is 0 Å². The summed E-state index contributed by atoms with van der Waals surface area (Å²) in [5.74, 6) is 2.68. The lowest BCUT2D eigenvalue weighted by Crippen LogP contribution is -2.59. The van der Waals surface area contributed by atoms with Gasteiger partial charge in [0.05, 0.1) is 18.8 Å². The van der Waals surface area contributed by atoms with Crippen molar-refractivity contribution in [3.05, 3.63) is 30.3 Å². The van der Waals surface area contributed by atoms with Crippen molar-refractivity contribution in [2.45, 2.75) is 136 Å². The Morgan fingerprint density at radius 3 is 2.15 bits per heavy atom. The first-order valence-corrected chi connectivity index (χ1v) is 16.1. The summed E-state index contributed by atoms with van der Waals surface area (Å²) in [5, 5.41) is 10.8. The van der Waals surface area contributed by atoms with Crippen LogP contribution < -0.4 is 4.74 Å². The lowest BCUT2D eigenvalue weighted by atomic mass is 9.78. The van der Waals surface area contributed by atoms with Crippen LogP contribution in [0.25, 0.3) is 0 Å². The molecule has 222 valence electrons. The second kappa shape index (κ2) is 15.3. The Hall–Kier alpha value is -1.75. The largest absolute Gasteiger partial charge is 0.494 e. The number of hydrogen-bond acceptors (Lipinski definition) is 3. The highest BCUT2D eigenvalue weighted by atomic mass is 16.6. The smallest absolute Gasteiger partial charge is 0.409 e. The third-order valence-electron chi connectivity index (χ3n) is 9.82. The first-order valence-electron chi connectivity index (χ1n) is 16.1. The minimum Gasteiger partial charge on any atom is -0.494 e. The minimum absolute atomic E-state index is 0.0780. The van der Waals surface area contributed by atoms with E-state index in [9.17, 15) is 9.90 Å². The van der Waals surface area contributed by atoms with E-state index in [-0.39, 0.29) is 24.0 Å². The molecule has 1 saturated heterocycles. The van der Waals surface area contributed by atoms with Gasteiger partial charge in [0.1, 0.15) is 5.75 Å². The van der Waals surface area contributed by atoms with Crippen LogP contribution in [0.15, 0.2) is 30.3 Å². The number of carbonyl (C=O) groups is 1. The third kappa shape index (κ3) is 7.93. The molecular formula is C34H57NO4. The summed E-state index contributed by atoms with van der Waals surface area (Å²) < 4.78 is 13.4. The summed E-state index contributed by atoms with van der Waals surface area (Å²) in [6.45, 7) is 14.1. The fourth-order valence-corrected chi connectivity index (χ4v) is 7.66. The van der Waals surface area contributed by atoms with Crippen LogP contribution in [0.5, 0.6) is 5.75 Å². The highest BCUT2D eigenvalue weighted by Crippen LogP contribution is 2.50. The van der Waals surface area contributed by atoms with Gasteiger partial charge >= 0.3 is 6.09 Å². The molecule has 39 heavy (non-hydrogen) atoms. The van der Waals surface area contributed by atoms with Gasteiger partial charge in [-0.2, -0.15) is 0 Å². The third-order valence-corrected chi connectivity index (χ3v) is 9.82. The van der Waals surface area contributed by atoms with Gasteiger partial charge < -0.3 is 14.6 Å². The molecule has 1 aromatic carbocycles. The molecule has 1 heterocycles. The molecule has 5 atom stereocenters. The van der Waals surface area contributed by atoms with E-state index >= 15 is 0 Å². The van der Waals surface area contributed by atoms with Gasteiger partial charge in [-0.1, -0.05) is 105 Å². The van der Waals surface area contributed by atoms with Gasteiger partial charge in [-0.3, -0.25) is 4.90 Å². The van der Waals surface area contributed by atoms with Crippen LogP contribution in [-0.4, -0.2) is 40.6 Å². The summed E-state index contributed by atoms with van der Waals surface area (Å²) >= 11 is 0. The Morgan fingerprint density at radius 2 is 1.62 bits per heavy atom. The monoisotopic (exact) mass is 543 g/mol. The average molecular weight is 544 g/mol. The van der Waals surface area contributed by atoms with E-state index in [2.05, 4.69) is 41.5 Å². The summed E-state index contributed by atoms with van der Waals surface area (Å²) in [6, 6.07) is 9.95. The number of hydrogen-bond donors (Lipinski definition) is 1. The maximum Gasteiger partial charge on any atom is 0.409 e. The van der Waals surface area contributed by atoms with Crippen LogP contribution >= 0.6 is 0 Å². The number of para-hydroxylation sites is 1. The van der Waals surface area contributed by atoms with Crippen LogP contribution in [-0.2, 0) is 4.74 Å². The van der Waals surface area contributed by atoms with Gasteiger partial charge in [0.15, 0.2) is 5.72 Å². The number of rotatable bonds is 15. The van der Waals surface area contributed by atoms with Gasteiger partial charge in [-0.25, -0.2) is 4.79 Å². The molecule has 1 aliphatic carbocycles. The maximum atomic E-state index is 13.2. The highest BCUT2D eigenvalue weighted by Gasteiger charge is 2.60. The Kier molecular flexibility index (Phi) is 12.5. The van der Waals surface area contributed by atoms with Crippen molar-refractivity contribution < 1.29 is 19.4 Å². The Bertz CT molecular complexity index is 825. The van der Waals surface area contributed by atoms with Crippen molar-refractivity contribution in [3.63, 3.8) is 0 Å². The molecule has 1 N–H and O–H groups in total. The molecule has 3 rings (SSSR count). The zero-order chi connectivity index (χ0) is 28.4. The molecule has 1 aromatic rings. The van der Waals surface area contributed by atoms with Crippen LogP contribution in [0.3, 0.4) is 0 Å². The Morgan fingerprint density at radius 1 is 1.00 bits per heavy atom. The predicted molar refractivity (Wildman–Crippen MR) is 160 cm³/mol. The van der Waals surface area contributed by atoms with Crippen LogP contribution in [0.1, 0.15) is 119 Å². The van der Waals surface area contributed by atoms with Crippen LogP contribution in [0, 0.1) is 29.6 Å². The second-order valence-corrected chi connectivity index (χ2v) is 12.9. The second-order valence-electron chi connectivity index (χ2n) is 12.9. The molecule has 2 unspecified atom stereocenters. The summed E-state index contributed by atoms with van der Waals surface area (Å²) in [7, 11) is 0. The number of carboxylic acid groups (broad SMARTS) is 1. The summed E-state index contributed by atoms with van der Waals surface area (Å²) in [5.41, 5.74) is -0.760. The first kappa shape index (κ1) is 31.8. The Balaban J connectivity index is 1.91. The molecule has 1 aliphatic heterocycles. The normalized spacial score (nSPS) is 26.5. The van der Waals surface area contributed by atoms with Gasteiger partial charge in [-0.15, -0.1) is 0 Å². The van der Waals surface area contributed by atoms with Gasteiger partial charge in [0.25, 0.3) is 0 Å².